The van der Waals surface area contributed by atoms with Gasteiger partial charge < -0.3 is 14.6 Å². The molecule has 0 saturated carbocycles. The summed E-state index contributed by atoms with van der Waals surface area (Å²) in [7, 11) is 0. The van der Waals surface area contributed by atoms with Gasteiger partial charge in [0.2, 0.25) is 0 Å². The first-order chi connectivity index (χ1) is 16.7. The average molecular weight is 454 g/mol. The first kappa shape index (κ1) is 23.3. The molecule has 0 bridgehead atoms. The van der Waals surface area contributed by atoms with Gasteiger partial charge in [-0.2, -0.15) is 0 Å². The molecule has 5 heteroatoms. The summed E-state index contributed by atoms with van der Waals surface area (Å²) in [5.74, 6) is 0.918. The first-order valence-electron chi connectivity index (χ1n) is 11.9. The van der Waals surface area contributed by atoms with E-state index in [1.54, 1.807) is 0 Å². The van der Waals surface area contributed by atoms with Crippen LogP contribution in [0.3, 0.4) is 0 Å². The highest BCUT2D eigenvalue weighted by Crippen LogP contribution is 2.25. The van der Waals surface area contributed by atoms with Crippen LogP contribution in [-0.4, -0.2) is 15.6 Å². The summed E-state index contributed by atoms with van der Waals surface area (Å²) in [6.45, 7) is 3.29. The molecule has 0 unspecified atom stereocenters. The van der Waals surface area contributed by atoms with Gasteiger partial charge in [0.1, 0.15) is 12.4 Å². The summed E-state index contributed by atoms with van der Waals surface area (Å²) in [6, 6.07) is 29.7. The van der Waals surface area contributed by atoms with Gasteiger partial charge in [-0.25, -0.2) is 9.78 Å². The summed E-state index contributed by atoms with van der Waals surface area (Å²) in [5, 5.41) is 3.06. The fourth-order valence-electron chi connectivity index (χ4n) is 3.91. The van der Waals surface area contributed by atoms with Crippen molar-refractivity contribution in [3.63, 3.8) is 0 Å². The lowest BCUT2D eigenvalue weighted by molar-refractivity contribution is 0.135. The minimum Gasteiger partial charge on any atom is -0.445 e. The quantitative estimate of drug-likeness (QED) is 0.296. The number of imidazole rings is 1. The van der Waals surface area contributed by atoms with Crippen LogP contribution in [0.25, 0.3) is 11.4 Å². The molecule has 1 aromatic heterocycles. The number of aromatic nitrogens is 2. The number of nitrogens with zero attached hydrogens (tertiary/aromatic N) is 2. The number of amides is 1. The second-order valence-corrected chi connectivity index (χ2v) is 8.35. The number of rotatable bonds is 10. The number of alkyl carbamates (subject to hydrolysis) is 1. The molecule has 1 atom stereocenters. The van der Waals surface area contributed by atoms with Crippen molar-refractivity contribution in [2.75, 3.05) is 0 Å². The highest BCUT2D eigenvalue weighted by Gasteiger charge is 2.21. The van der Waals surface area contributed by atoms with Crippen LogP contribution in [0.4, 0.5) is 4.79 Å². The molecule has 5 nitrogen and oxygen atoms in total. The van der Waals surface area contributed by atoms with Crippen LogP contribution in [0.2, 0.25) is 0 Å². The number of hydrogen-bond donors (Lipinski definition) is 1. The van der Waals surface area contributed by atoms with Gasteiger partial charge in [0.15, 0.2) is 0 Å². The highest BCUT2D eigenvalue weighted by molar-refractivity contribution is 5.68. The second kappa shape index (κ2) is 11.8. The predicted octanol–water partition coefficient (Wildman–Crippen LogP) is 6.56. The van der Waals surface area contributed by atoms with Crippen molar-refractivity contribution in [2.24, 2.45) is 0 Å². The summed E-state index contributed by atoms with van der Waals surface area (Å²) in [6.07, 6.45) is 4.41. The third-order valence-corrected chi connectivity index (χ3v) is 5.72. The molecule has 0 aliphatic carbocycles. The van der Waals surface area contributed by atoms with E-state index in [4.69, 9.17) is 9.72 Å². The molecule has 0 fully saturated rings. The highest BCUT2D eigenvalue weighted by atomic mass is 16.5. The molecule has 0 aliphatic rings. The van der Waals surface area contributed by atoms with Crippen LogP contribution < -0.4 is 5.32 Å². The number of ether oxygens (including phenoxy) is 1. The van der Waals surface area contributed by atoms with Gasteiger partial charge in [-0.3, -0.25) is 0 Å². The van der Waals surface area contributed by atoms with Crippen LogP contribution in [0.5, 0.6) is 0 Å². The van der Waals surface area contributed by atoms with Gasteiger partial charge in [0.05, 0.1) is 11.7 Å². The third kappa shape index (κ3) is 6.35. The number of hydrogen-bond acceptors (Lipinski definition) is 3. The molecule has 3 aromatic carbocycles. The monoisotopic (exact) mass is 453 g/mol. The fraction of sp³-hybridized carbons (Fsp3) is 0.241. The molecule has 1 heterocycles. The van der Waals surface area contributed by atoms with E-state index in [0.29, 0.717) is 6.42 Å². The molecule has 1 N–H and O–H groups in total. The summed E-state index contributed by atoms with van der Waals surface area (Å²) in [4.78, 5) is 17.8. The number of aryl methyl sites for hydroxylation is 1. The van der Waals surface area contributed by atoms with Crippen LogP contribution in [0.15, 0.2) is 97.2 Å². The standard InChI is InChI=1S/C29H31N3O2/c1-2-3-19-32-21-27(30-28(32)25-17-11-6-12-18-25)26(20-23-13-7-4-8-14-23)31-29(33)34-22-24-15-9-5-10-16-24/h4-18,21,26H,2-3,19-20,22H2,1H3,(H,31,33)/t26-/m0/s1. The molecule has 0 radical (unpaired) electrons. The van der Waals surface area contributed by atoms with E-state index >= 15 is 0 Å². The topological polar surface area (TPSA) is 56.2 Å². The van der Waals surface area contributed by atoms with Crippen molar-refractivity contribution >= 4 is 6.09 Å². The number of nitrogens with one attached hydrogen (secondary N) is 1. The lowest BCUT2D eigenvalue weighted by Crippen LogP contribution is -2.30. The summed E-state index contributed by atoms with van der Waals surface area (Å²) in [5.41, 5.74) is 3.97. The Kier molecular flexibility index (Phi) is 8.12. The third-order valence-electron chi connectivity index (χ3n) is 5.72. The van der Waals surface area contributed by atoms with E-state index < -0.39 is 6.09 Å². The molecule has 1 amide bonds. The second-order valence-electron chi connectivity index (χ2n) is 8.35. The number of benzene rings is 3. The Morgan fingerprint density at radius 1 is 0.912 bits per heavy atom. The lowest BCUT2D eigenvalue weighted by Gasteiger charge is -2.17. The molecule has 0 spiro atoms. The molecular weight excluding hydrogens is 422 g/mol. The van der Waals surface area contributed by atoms with Crippen molar-refractivity contribution in [3.8, 4) is 11.4 Å². The maximum absolute atomic E-state index is 12.8. The van der Waals surface area contributed by atoms with Crippen molar-refractivity contribution in [1.82, 2.24) is 14.9 Å². The Labute approximate surface area is 201 Å². The molecule has 4 aromatic rings. The molecule has 34 heavy (non-hydrogen) atoms. The Hall–Kier alpha value is -3.86. The Morgan fingerprint density at radius 3 is 2.18 bits per heavy atom. The first-order valence-corrected chi connectivity index (χ1v) is 11.9. The van der Waals surface area contributed by atoms with E-state index in [0.717, 1.165) is 47.6 Å². The van der Waals surface area contributed by atoms with Crippen molar-refractivity contribution in [2.45, 2.75) is 45.4 Å². The van der Waals surface area contributed by atoms with Crippen LogP contribution >= 0.6 is 0 Å². The van der Waals surface area contributed by atoms with Gasteiger partial charge in [-0.1, -0.05) is 104 Å². The molecular formula is C29H31N3O2. The van der Waals surface area contributed by atoms with Crippen molar-refractivity contribution < 1.29 is 9.53 Å². The number of carbonyl (C=O) groups is 1. The maximum atomic E-state index is 12.8. The smallest absolute Gasteiger partial charge is 0.408 e. The maximum Gasteiger partial charge on any atom is 0.408 e. The van der Waals surface area contributed by atoms with Gasteiger partial charge in [-0.15, -0.1) is 0 Å². The molecule has 4 rings (SSSR count). The number of carbonyl (C=O) groups excluding carboxylic acids is 1. The minimum absolute atomic E-state index is 0.227. The summed E-state index contributed by atoms with van der Waals surface area (Å²) < 4.78 is 7.72. The Bertz CT molecular complexity index is 1160. The van der Waals surface area contributed by atoms with Crippen molar-refractivity contribution in [3.05, 3.63) is 114 Å². The predicted molar refractivity (Wildman–Crippen MR) is 135 cm³/mol. The zero-order valence-corrected chi connectivity index (χ0v) is 19.6. The van der Waals surface area contributed by atoms with Crippen LogP contribution in [-0.2, 0) is 24.3 Å². The van der Waals surface area contributed by atoms with E-state index in [-0.39, 0.29) is 12.6 Å². The van der Waals surface area contributed by atoms with E-state index in [2.05, 4.69) is 47.3 Å². The Balaban J connectivity index is 1.58. The molecule has 0 aliphatic heterocycles. The van der Waals surface area contributed by atoms with Gasteiger partial charge in [0.25, 0.3) is 0 Å². The molecule has 174 valence electrons. The Morgan fingerprint density at radius 2 is 1.53 bits per heavy atom. The fourth-order valence-corrected chi connectivity index (χ4v) is 3.91. The van der Waals surface area contributed by atoms with Gasteiger partial charge in [0, 0.05) is 18.3 Å². The number of unbranched alkanes of at least 4 members (excludes halogenated alkanes) is 1. The minimum atomic E-state index is -0.450. The van der Waals surface area contributed by atoms with E-state index in [1.165, 1.54) is 0 Å². The normalized spacial score (nSPS) is 11.7. The van der Waals surface area contributed by atoms with E-state index in [9.17, 15) is 4.79 Å². The van der Waals surface area contributed by atoms with Crippen LogP contribution in [0, 0.1) is 0 Å². The summed E-state index contributed by atoms with van der Waals surface area (Å²) >= 11 is 0. The van der Waals surface area contributed by atoms with Crippen molar-refractivity contribution in [1.29, 1.82) is 0 Å². The zero-order chi connectivity index (χ0) is 23.6. The van der Waals surface area contributed by atoms with Crippen LogP contribution in [0.1, 0.15) is 42.6 Å². The molecule has 0 saturated heterocycles. The van der Waals surface area contributed by atoms with Gasteiger partial charge >= 0.3 is 6.09 Å². The largest absolute Gasteiger partial charge is 0.445 e. The SMILES string of the molecule is CCCCn1cc([C@H](Cc2ccccc2)NC(=O)OCc2ccccc2)nc1-c1ccccc1. The average Bonchev–Trinajstić information content (AvgIpc) is 3.32. The lowest BCUT2D eigenvalue weighted by atomic mass is 10.0. The van der Waals surface area contributed by atoms with E-state index in [1.807, 2.05) is 66.7 Å². The van der Waals surface area contributed by atoms with Gasteiger partial charge in [-0.05, 0) is 24.0 Å². The zero-order valence-electron chi connectivity index (χ0n) is 19.6.